The van der Waals surface area contributed by atoms with E-state index in [-0.39, 0.29) is 0 Å². The van der Waals surface area contributed by atoms with E-state index < -0.39 is 0 Å². The van der Waals surface area contributed by atoms with Crippen molar-refractivity contribution in [3.8, 4) is 0 Å². The van der Waals surface area contributed by atoms with Crippen LogP contribution in [-0.2, 0) is 0 Å². The van der Waals surface area contributed by atoms with Gasteiger partial charge in [-0.2, -0.15) is 0 Å². The van der Waals surface area contributed by atoms with Crippen molar-refractivity contribution in [2.75, 3.05) is 45.8 Å². The minimum Gasteiger partial charge on any atom is -0.315 e. The molecule has 1 saturated heterocycles. The van der Waals surface area contributed by atoms with Crippen LogP contribution in [0.2, 0.25) is 0 Å². The number of piperazine rings is 1. The first-order valence-corrected chi connectivity index (χ1v) is 7.86. The standard InChI is InChI=1S/C15H33N3/c1-5-7-16-13-15(14(3)4)18-11-9-17(8-6-2)10-12-18/h14-16H,5-13H2,1-4H3. The molecule has 0 spiro atoms. The fourth-order valence-electron chi connectivity index (χ4n) is 2.85. The van der Waals surface area contributed by atoms with Crippen LogP contribution in [-0.4, -0.2) is 61.7 Å². The van der Waals surface area contributed by atoms with Crippen LogP contribution in [0.5, 0.6) is 0 Å². The van der Waals surface area contributed by atoms with Gasteiger partial charge in [-0.3, -0.25) is 4.90 Å². The van der Waals surface area contributed by atoms with Crippen molar-refractivity contribution in [3.63, 3.8) is 0 Å². The Morgan fingerprint density at radius 1 is 1.00 bits per heavy atom. The van der Waals surface area contributed by atoms with E-state index in [0.29, 0.717) is 6.04 Å². The maximum absolute atomic E-state index is 3.59. The van der Waals surface area contributed by atoms with Crippen LogP contribution in [0.3, 0.4) is 0 Å². The molecule has 1 fully saturated rings. The van der Waals surface area contributed by atoms with E-state index >= 15 is 0 Å². The monoisotopic (exact) mass is 255 g/mol. The topological polar surface area (TPSA) is 18.5 Å². The molecule has 1 aliphatic rings. The second-order valence-corrected chi connectivity index (χ2v) is 5.89. The zero-order valence-corrected chi connectivity index (χ0v) is 12.9. The van der Waals surface area contributed by atoms with E-state index in [0.717, 1.165) is 19.0 Å². The van der Waals surface area contributed by atoms with Gasteiger partial charge in [-0.15, -0.1) is 0 Å². The number of nitrogens with zero attached hydrogens (tertiary/aromatic N) is 2. The van der Waals surface area contributed by atoms with Gasteiger partial charge in [-0.05, 0) is 31.8 Å². The van der Waals surface area contributed by atoms with E-state index in [9.17, 15) is 0 Å². The second kappa shape index (κ2) is 8.89. The van der Waals surface area contributed by atoms with Gasteiger partial charge in [0.25, 0.3) is 0 Å². The Kier molecular flexibility index (Phi) is 7.87. The summed E-state index contributed by atoms with van der Waals surface area (Å²) in [6.07, 6.45) is 2.51. The Morgan fingerprint density at radius 2 is 1.67 bits per heavy atom. The summed E-state index contributed by atoms with van der Waals surface area (Å²) < 4.78 is 0. The first kappa shape index (κ1) is 15.9. The maximum Gasteiger partial charge on any atom is 0.0244 e. The first-order chi connectivity index (χ1) is 8.69. The summed E-state index contributed by atoms with van der Waals surface area (Å²) in [6.45, 7) is 17.8. The lowest BCUT2D eigenvalue weighted by atomic mass is 10.0. The van der Waals surface area contributed by atoms with Gasteiger partial charge in [-0.25, -0.2) is 0 Å². The lowest BCUT2D eigenvalue weighted by Crippen LogP contribution is -2.54. The minimum absolute atomic E-state index is 0.709. The zero-order chi connectivity index (χ0) is 13.4. The average molecular weight is 255 g/mol. The third-order valence-corrected chi connectivity index (χ3v) is 3.97. The van der Waals surface area contributed by atoms with E-state index in [2.05, 4.69) is 42.8 Å². The van der Waals surface area contributed by atoms with Crippen LogP contribution in [0.15, 0.2) is 0 Å². The quantitative estimate of drug-likeness (QED) is 0.670. The summed E-state index contributed by atoms with van der Waals surface area (Å²) in [7, 11) is 0. The Morgan fingerprint density at radius 3 is 2.17 bits per heavy atom. The predicted octanol–water partition coefficient (Wildman–Crippen LogP) is 2.04. The van der Waals surface area contributed by atoms with Crippen molar-refractivity contribution in [2.24, 2.45) is 5.92 Å². The summed E-state index contributed by atoms with van der Waals surface area (Å²) in [6, 6.07) is 0.709. The normalized spacial score (nSPS) is 20.5. The Bertz CT molecular complexity index is 198. The molecule has 3 nitrogen and oxygen atoms in total. The molecule has 0 aromatic heterocycles. The highest BCUT2D eigenvalue weighted by atomic mass is 15.3. The number of hydrogen-bond donors (Lipinski definition) is 1. The number of nitrogens with one attached hydrogen (secondary N) is 1. The molecule has 0 saturated carbocycles. The predicted molar refractivity (Wildman–Crippen MR) is 80.1 cm³/mol. The molecule has 3 heteroatoms. The highest BCUT2D eigenvalue weighted by Crippen LogP contribution is 2.13. The van der Waals surface area contributed by atoms with E-state index in [1.165, 1.54) is 45.6 Å². The molecular weight excluding hydrogens is 222 g/mol. The molecule has 0 aromatic carbocycles. The molecule has 1 rings (SSSR count). The summed E-state index contributed by atoms with van der Waals surface area (Å²) in [5.41, 5.74) is 0. The summed E-state index contributed by atoms with van der Waals surface area (Å²) in [5.74, 6) is 0.743. The average Bonchev–Trinajstić information content (AvgIpc) is 2.36. The third-order valence-electron chi connectivity index (χ3n) is 3.97. The molecule has 1 aliphatic heterocycles. The molecule has 1 atom stereocenters. The van der Waals surface area contributed by atoms with Crippen LogP contribution in [0.1, 0.15) is 40.5 Å². The van der Waals surface area contributed by atoms with Crippen molar-refractivity contribution in [1.29, 1.82) is 0 Å². The Hall–Kier alpha value is -0.120. The lowest BCUT2D eigenvalue weighted by molar-refractivity contribution is 0.0759. The van der Waals surface area contributed by atoms with Gasteiger partial charge in [0.1, 0.15) is 0 Å². The van der Waals surface area contributed by atoms with Gasteiger partial charge in [0.05, 0.1) is 0 Å². The van der Waals surface area contributed by atoms with E-state index in [1.54, 1.807) is 0 Å². The van der Waals surface area contributed by atoms with Gasteiger partial charge >= 0.3 is 0 Å². The highest BCUT2D eigenvalue weighted by molar-refractivity contribution is 4.82. The molecule has 108 valence electrons. The van der Waals surface area contributed by atoms with Crippen LogP contribution in [0, 0.1) is 5.92 Å². The molecule has 1 N–H and O–H groups in total. The third kappa shape index (κ3) is 5.25. The SMILES string of the molecule is CCCNCC(C(C)C)N1CCN(CCC)CC1. The van der Waals surface area contributed by atoms with Crippen molar-refractivity contribution in [2.45, 2.75) is 46.6 Å². The fourth-order valence-corrected chi connectivity index (χ4v) is 2.85. The summed E-state index contributed by atoms with van der Waals surface area (Å²) >= 11 is 0. The van der Waals surface area contributed by atoms with E-state index in [4.69, 9.17) is 0 Å². The van der Waals surface area contributed by atoms with Gasteiger partial charge in [0.2, 0.25) is 0 Å². The fraction of sp³-hybridized carbons (Fsp3) is 1.00. The van der Waals surface area contributed by atoms with Crippen molar-refractivity contribution in [1.82, 2.24) is 15.1 Å². The molecule has 1 unspecified atom stereocenters. The molecule has 0 aromatic rings. The van der Waals surface area contributed by atoms with Gasteiger partial charge in [0.15, 0.2) is 0 Å². The van der Waals surface area contributed by atoms with Crippen LogP contribution < -0.4 is 5.32 Å². The molecule has 0 bridgehead atoms. The maximum atomic E-state index is 3.59. The smallest absolute Gasteiger partial charge is 0.0244 e. The lowest BCUT2D eigenvalue weighted by Gasteiger charge is -2.41. The second-order valence-electron chi connectivity index (χ2n) is 5.89. The molecular formula is C15H33N3. The molecule has 0 aliphatic carbocycles. The van der Waals surface area contributed by atoms with Crippen LogP contribution >= 0.6 is 0 Å². The molecule has 0 radical (unpaired) electrons. The van der Waals surface area contributed by atoms with Gasteiger partial charge < -0.3 is 10.2 Å². The first-order valence-electron chi connectivity index (χ1n) is 7.86. The van der Waals surface area contributed by atoms with Gasteiger partial charge in [0, 0.05) is 38.8 Å². The summed E-state index contributed by atoms with van der Waals surface area (Å²) in [5, 5.41) is 3.59. The molecule has 1 heterocycles. The molecule has 0 amide bonds. The van der Waals surface area contributed by atoms with Crippen molar-refractivity contribution in [3.05, 3.63) is 0 Å². The largest absolute Gasteiger partial charge is 0.315 e. The Balaban J connectivity index is 2.35. The number of rotatable bonds is 8. The van der Waals surface area contributed by atoms with Crippen molar-refractivity contribution >= 4 is 0 Å². The zero-order valence-electron chi connectivity index (χ0n) is 12.9. The van der Waals surface area contributed by atoms with Gasteiger partial charge in [-0.1, -0.05) is 27.7 Å². The molecule has 18 heavy (non-hydrogen) atoms. The number of hydrogen-bond acceptors (Lipinski definition) is 3. The summed E-state index contributed by atoms with van der Waals surface area (Å²) in [4.78, 5) is 5.30. The highest BCUT2D eigenvalue weighted by Gasteiger charge is 2.25. The van der Waals surface area contributed by atoms with Crippen LogP contribution in [0.4, 0.5) is 0 Å². The Labute approximate surface area is 114 Å². The minimum atomic E-state index is 0.709. The van der Waals surface area contributed by atoms with Crippen LogP contribution in [0.25, 0.3) is 0 Å². The van der Waals surface area contributed by atoms with E-state index in [1.807, 2.05) is 0 Å². The van der Waals surface area contributed by atoms with Crippen molar-refractivity contribution < 1.29 is 0 Å².